The number of aromatic nitrogens is 2. The van der Waals surface area contributed by atoms with E-state index in [1.165, 1.54) is 0 Å². The molecule has 0 aliphatic carbocycles. The van der Waals surface area contributed by atoms with E-state index >= 15 is 0 Å². The zero-order valence-electron chi connectivity index (χ0n) is 7.75. The molecule has 0 bridgehead atoms. The van der Waals surface area contributed by atoms with E-state index in [0.717, 1.165) is 13.0 Å². The highest BCUT2D eigenvalue weighted by Crippen LogP contribution is 2.19. The van der Waals surface area contributed by atoms with E-state index in [1.54, 1.807) is 0 Å². The van der Waals surface area contributed by atoms with Crippen LogP contribution < -0.4 is 11.1 Å². The van der Waals surface area contributed by atoms with Gasteiger partial charge in [0.05, 0.1) is 0 Å². The molecule has 5 nitrogen and oxygen atoms in total. The van der Waals surface area contributed by atoms with E-state index in [1.807, 2.05) is 6.92 Å². The Kier molecular flexibility index (Phi) is 3.64. The summed E-state index contributed by atoms with van der Waals surface area (Å²) in [6, 6.07) is 0. The van der Waals surface area contributed by atoms with Gasteiger partial charge in [-0.15, -0.1) is 0 Å². The van der Waals surface area contributed by atoms with Crippen molar-refractivity contribution in [3.05, 3.63) is 10.8 Å². The van der Waals surface area contributed by atoms with Crippen LogP contribution in [0.15, 0.2) is 0 Å². The largest absolute Gasteiger partial charge is 0.382 e. The number of halogens is 1. The fraction of sp³-hybridized carbons (Fsp3) is 0.375. The van der Waals surface area contributed by atoms with E-state index in [9.17, 15) is 4.79 Å². The number of nitrogen functional groups attached to an aromatic ring is 1. The van der Waals surface area contributed by atoms with E-state index in [4.69, 9.17) is 17.3 Å². The summed E-state index contributed by atoms with van der Waals surface area (Å²) in [5.41, 5.74) is 5.54. The smallest absolute Gasteiger partial charge is 0.172 e. The van der Waals surface area contributed by atoms with Gasteiger partial charge >= 0.3 is 0 Å². The quantitative estimate of drug-likeness (QED) is 0.740. The summed E-state index contributed by atoms with van der Waals surface area (Å²) < 4.78 is 0. The fourth-order valence-corrected chi connectivity index (χ4v) is 1.08. The topological polar surface area (TPSA) is 80.9 Å². The lowest BCUT2D eigenvalue weighted by molar-refractivity contribution is 0.111. The van der Waals surface area contributed by atoms with E-state index < -0.39 is 0 Å². The van der Waals surface area contributed by atoms with Crippen LogP contribution in [-0.2, 0) is 0 Å². The predicted molar refractivity (Wildman–Crippen MR) is 55.6 cm³/mol. The van der Waals surface area contributed by atoms with Gasteiger partial charge in [0, 0.05) is 6.54 Å². The van der Waals surface area contributed by atoms with Gasteiger partial charge in [0.1, 0.15) is 5.69 Å². The molecule has 3 N–H and O–H groups in total. The number of aldehydes is 1. The SMILES string of the molecule is CCCNc1nc(N)c(C=O)nc1Cl. The Hall–Kier alpha value is -1.36. The van der Waals surface area contributed by atoms with Gasteiger partial charge in [-0.1, -0.05) is 18.5 Å². The van der Waals surface area contributed by atoms with Crippen molar-refractivity contribution in [3.63, 3.8) is 0 Å². The van der Waals surface area contributed by atoms with Crippen LogP contribution in [0.1, 0.15) is 23.8 Å². The highest BCUT2D eigenvalue weighted by Gasteiger charge is 2.08. The van der Waals surface area contributed by atoms with Gasteiger partial charge < -0.3 is 11.1 Å². The average Bonchev–Trinajstić information content (AvgIpc) is 2.18. The van der Waals surface area contributed by atoms with E-state index in [2.05, 4.69) is 15.3 Å². The lowest BCUT2D eigenvalue weighted by atomic mass is 10.4. The number of carbonyl (C=O) groups is 1. The minimum atomic E-state index is 0.0667. The number of carbonyl (C=O) groups excluding carboxylic acids is 1. The van der Waals surface area contributed by atoms with Gasteiger partial charge in [-0.2, -0.15) is 0 Å². The number of nitrogens with zero attached hydrogens (tertiary/aromatic N) is 2. The van der Waals surface area contributed by atoms with Gasteiger partial charge in [-0.05, 0) is 6.42 Å². The lowest BCUT2D eigenvalue weighted by Crippen LogP contribution is -2.08. The minimum absolute atomic E-state index is 0.0667. The Morgan fingerprint density at radius 3 is 2.86 bits per heavy atom. The Bertz CT molecular complexity index is 342. The second-order valence-corrected chi connectivity index (χ2v) is 3.04. The number of hydrogen-bond acceptors (Lipinski definition) is 5. The summed E-state index contributed by atoms with van der Waals surface area (Å²) in [4.78, 5) is 18.2. The van der Waals surface area contributed by atoms with Crippen LogP contribution in [-0.4, -0.2) is 22.8 Å². The number of nitrogens with one attached hydrogen (secondary N) is 1. The third-order valence-electron chi connectivity index (χ3n) is 1.56. The maximum absolute atomic E-state index is 10.4. The number of hydrogen-bond donors (Lipinski definition) is 2. The predicted octanol–water partition coefficient (Wildman–Crippen LogP) is 1.35. The first-order chi connectivity index (χ1) is 6.69. The van der Waals surface area contributed by atoms with Crippen molar-refractivity contribution < 1.29 is 4.79 Å². The summed E-state index contributed by atoms with van der Waals surface area (Å²) in [6.07, 6.45) is 1.46. The van der Waals surface area contributed by atoms with Gasteiger partial charge in [0.25, 0.3) is 0 Å². The highest BCUT2D eigenvalue weighted by atomic mass is 35.5. The molecule has 1 heterocycles. The molecule has 0 unspecified atom stereocenters. The van der Waals surface area contributed by atoms with E-state index in [-0.39, 0.29) is 16.7 Å². The monoisotopic (exact) mass is 214 g/mol. The standard InChI is InChI=1S/C8H11ClN4O/c1-2-3-11-8-6(9)12-5(4-14)7(10)13-8/h4H,2-3H2,1H3,(H3,10,11,13). The maximum Gasteiger partial charge on any atom is 0.172 e. The molecular formula is C8H11ClN4O. The molecule has 1 rings (SSSR count). The minimum Gasteiger partial charge on any atom is -0.382 e. The first kappa shape index (κ1) is 10.7. The first-order valence-corrected chi connectivity index (χ1v) is 4.59. The second kappa shape index (κ2) is 4.76. The Morgan fingerprint density at radius 1 is 1.57 bits per heavy atom. The molecule has 0 atom stereocenters. The maximum atomic E-state index is 10.4. The number of nitrogens with two attached hydrogens (primary N) is 1. The van der Waals surface area contributed by atoms with Crippen molar-refractivity contribution >= 4 is 29.5 Å². The van der Waals surface area contributed by atoms with E-state index in [0.29, 0.717) is 12.1 Å². The molecule has 0 spiro atoms. The molecule has 1 aromatic rings. The Morgan fingerprint density at radius 2 is 2.29 bits per heavy atom. The third-order valence-corrected chi connectivity index (χ3v) is 1.83. The third kappa shape index (κ3) is 2.32. The van der Waals surface area contributed by atoms with Crippen LogP contribution in [0, 0.1) is 0 Å². The van der Waals surface area contributed by atoms with Crippen molar-refractivity contribution in [2.24, 2.45) is 0 Å². The van der Waals surface area contributed by atoms with Crippen molar-refractivity contribution in [1.82, 2.24) is 9.97 Å². The lowest BCUT2D eigenvalue weighted by Gasteiger charge is -2.06. The van der Waals surface area contributed by atoms with Crippen molar-refractivity contribution in [2.45, 2.75) is 13.3 Å². The van der Waals surface area contributed by atoms with Gasteiger partial charge in [0.2, 0.25) is 0 Å². The molecule has 0 saturated carbocycles. The molecule has 0 fully saturated rings. The zero-order chi connectivity index (χ0) is 10.6. The van der Waals surface area contributed by atoms with Crippen LogP contribution in [0.5, 0.6) is 0 Å². The molecular weight excluding hydrogens is 204 g/mol. The molecule has 6 heteroatoms. The number of rotatable bonds is 4. The van der Waals surface area contributed by atoms with Gasteiger partial charge in [-0.25, -0.2) is 9.97 Å². The van der Waals surface area contributed by atoms with Crippen LogP contribution >= 0.6 is 11.6 Å². The zero-order valence-corrected chi connectivity index (χ0v) is 8.51. The molecule has 1 aromatic heterocycles. The van der Waals surface area contributed by atoms with Crippen molar-refractivity contribution in [3.8, 4) is 0 Å². The summed E-state index contributed by atoms with van der Waals surface area (Å²) in [5, 5.41) is 3.12. The Labute approximate surface area is 86.7 Å². The van der Waals surface area contributed by atoms with Gasteiger partial charge in [-0.3, -0.25) is 4.79 Å². The summed E-state index contributed by atoms with van der Waals surface area (Å²) >= 11 is 5.77. The molecule has 0 amide bonds. The Balaban J connectivity index is 2.96. The molecule has 0 saturated heterocycles. The average molecular weight is 215 g/mol. The van der Waals surface area contributed by atoms with Crippen molar-refractivity contribution in [2.75, 3.05) is 17.6 Å². The van der Waals surface area contributed by atoms with Crippen LogP contribution in [0.3, 0.4) is 0 Å². The van der Waals surface area contributed by atoms with Crippen molar-refractivity contribution in [1.29, 1.82) is 0 Å². The van der Waals surface area contributed by atoms with Crippen LogP contribution in [0.2, 0.25) is 5.15 Å². The molecule has 76 valence electrons. The summed E-state index contributed by atoms with van der Waals surface area (Å²) in [7, 11) is 0. The van der Waals surface area contributed by atoms with Crippen LogP contribution in [0.25, 0.3) is 0 Å². The first-order valence-electron chi connectivity index (χ1n) is 4.21. The second-order valence-electron chi connectivity index (χ2n) is 2.68. The fourth-order valence-electron chi connectivity index (χ4n) is 0.882. The molecule has 0 aliphatic rings. The molecule has 0 aliphatic heterocycles. The number of anilines is 2. The molecule has 14 heavy (non-hydrogen) atoms. The molecule has 0 radical (unpaired) electrons. The summed E-state index contributed by atoms with van der Waals surface area (Å²) in [5.74, 6) is 0.500. The van der Waals surface area contributed by atoms with Crippen LogP contribution in [0.4, 0.5) is 11.6 Å². The summed E-state index contributed by atoms with van der Waals surface area (Å²) in [6.45, 7) is 2.74. The normalized spacial score (nSPS) is 9.86. The van der Waals surface area contributed by atoms with Gasteiger partial charge in [0.15, 0.2) is 23.1 Å². The highest BCUT2D eigenvalue weighted by molar-refractivity contribution is 6.31. The molecule has 0 aromatic carbocycles.